The average Bonchev–Trinajstić information content (AvgIpc) is 2.82. The second-order valence-corrected chi connectivity index (χ2v) is 10.3. The Labute approximate surface area is 130 Å². The zero-order chi connectivity index (χ0) is 15.3. The highest BCUT2D eigenvalue weighted by atomic mass is 16.1. The van der Waals surface area contributed by atoms with Gasteiger partial charge in [-0.1, -0.05) is 41.0 Å². The van der Waals surface area contributed by atoms with Crippen LogP contribution in [-0.2, 0) is 4.79 Å². The van der Waals surface area contributed by atoms with Gasteiger partial charge in [0.15, 0.2) is 0 Å². The van der Waals surface area contributed by atoms with Gasteiger partial charge in [-0.05, 0) is 67.1 Å². The molecule has 21 heavy (non-hydrogen) atoms. The number of hydrogen-bond acceptors (Lipinski definition) is 1. The summed E-state index contributed by atoms with van der Waals surface area (Å²) in [6.45, 7) is 12.2. The second-order valence-electron chi connectivity index (χ2n) is 10.3. The minimum Gasteiger partial charge on any atom is -0.298 e. The number of rotatable bonds is 0. The predicted molar refractivity (Wildman–Crippen MR) is 86.0 cm³/mol. The summed E-state index contributed by atoms with van der Waals surface area (Å²) in [5.41, 5.74) is 1.17. The van der Waals surface area contributed by atoms with E-state index in [4.69, 9.17) is 0 Å². The van der Waals surface area contributed by atoms with Crippen LogP contribution in [0.25, 0.3) is 0 Å². The fraction of sp³-hybridized carbons (Fsp3) is 0.950. The summed E-state index contributed by atoms with van der Waals surface area (Å²) in [7, 11) is 0. The van der Waals surface area contributed by atoms with Crippen LogP contribution in [-0.4, -0.2) is 5.78 Å². The summed E-state index contributed by atoms with van der Waals surface area (Å²) >= 11 is 0. The number of Topliss-reactive ketones (excluding diaryl/α,β-unsaturated/α-hetero) is 1. The first-order valence-corrected chi connectivity index (χ1v) is 9.16. The minimum absolute atomic E-state index is 0.00817. The molecule has 4 rings (SSSR count). The number of hydrogen-bond donors (Lipinski definition) is 0. The van der Waals surface area contributed by atoms with Crippen molar-refractivity contribution in [1.29, 1.82) is 0 Å². The topological polar surface area (TPSA) is 17.1 Å². The molecule has 0 aromatic rings. The first-order valence-electron chi connectivity index (χ1n) is 9.16. The molecule has 0 heterocycles. The van der Waals surface area contributed by atoms with Gasteiger partial charge in [0.2, 0.25) is 0 Å². The number of carbonyl (C=O) groups is 1. The van der Waals surface area contributed by atoms with Crippen molar-refractivity contribution < 1.29 is 4.79 Å². The Morgan fingerprint density at radius 2 is 1.62 bits per heavy atom. The highest BCUT2D eigenvalue weighted by Crippen LogP contribution is 2.81. The van der Waals surface area contributed by atoms with E-state index in [0.29, 0.717) is 22.0 Å². The third-order valence-corrected chi connectivity index (χ3v) is 9.16. The van der Waals surface area contributed by atoms with Gasteiger partial charge in [0.05, 0.1) is 0 Å². The van der Waals surface area contributed by atoms with E-state index < -0.39 is 0 Å². The van der Waals surface area contributed by atoms with E-state index in [0.717, 1.165) is 18.8 Å². The minimum atomic E-state index is -0.0152. The van der Waals surface area contributed by atoms with Crippen LogP contribution in [0.3, 0.4) is 0 Å². The van der Waals surface area contributed by atoms with Crippen molar-refractivity contribution in [3.63, 3.8) is 0 Å². The fourth-order valence-corrected chi connectivity index (χ4v) is 8.19. The van der Waals surface area contributed by atoms with Crippen LogP contribution < -0.4 is 0 Å². The van der Waals surface area contributed by atoms with Crippen molar-refractivity contribution in [2.75, 3.05) is 0 Å². The molecule has 0 N–H and O–H groups in total. The Bertz CT molecular complexity index is 520. The van der Waals surface area contributed by atoms with E-state index in [9.17, 15) is 4.79 Å². The lowest BCUT2D eigenvalue weighted by molar-refractivity contribution is -0.188. The summed E-state index contributed by atoms with van der Waals surface area (Å²) in [6.07, 6.45) is 10.2. The van der Waals surface area contributed by atoms with Gasteiger partial charge in [-0.2, -0.15) is 0 Å². The maximum Gasteiger partial charge on any atom is 0.145 e. The molecule has 0 saturated heterocycles. The largest absolute Gasteiger partial charge is 0.298 e. The molecule has 0 radical (unpaired) electrons. The molecule has 118 valence electrons. The van der Waals surface area contributed by atoms with E-state index in [1.54, 1.807) is 0 Å². The molecule has 5 atom stereocenters. The number of fused-ring (bicyclic) bond motifs is 2. The maximum atomic E-state index is 13.2. The Balaban J connectivity index is 1.89. The Morgan fingerprint density at radius 3 is 2.33 bits per heavy atom. The van der Waals surface area contributed by atoms with Crippen LogP contribution in [0.15, 0.2) is 0 Å². The molecule has 0 aromatic heterocycles. The highest BCUT2D eigenvalue weighted by Gasteiger charge is 2.77. The van der Waals surface area contributed by atoms with Gasteiger partial charge >= 0.3 is 0 Å². The molecule has 1 heteroatoms. The van der Waals surface area contributed by atoms with Gasteiger partial charge in [-0.25, -0.2) is 0 Å². The van der Waals surface area contributed by atoms with Crippen LogP contribution in [0.5, 0.6) is 0 Å². The molecule has 0 unspecified atom stereocenters. The van der Waals surface area contributed by atoms with Crippen molar-refractivity contribution in [2.45, 2.75) is 86.0 Å². The standard InChI is InChI=1S/C20H32O/c1-16(2)8-6-9-18(4)14(16)7-10-19(5)15(21)17(3)11-12-20(18,19)13-17/h14H,6-13H2,1-5H3/t14-,17+,18-,19-,20-/m0/s1. The molecule has 1 spiro atoms. The maximum absolute atomic E-state index is 13.2. The van der Waals surface area contributed by atoms with E-state index in [1.807, 2.05) is 0 Å². The van der Waals surface area contributed by atoms with Gasteiger partial charge in [0.25, 0.3) is 0 Å². The van der Waals surface area contributed by atoms with Crippen molar-refractivity contribution >= 4 is 5.78 Å². The Kier molecular flexibility index (Phi) is 2.44. The van der Waals surface area contributed by atoms with Crippen molar-refractivity contribution in [3.8, 4) is 0 Å². The molecule has 4 aliphatic rings. The number of ketones is 1. The molecule has 0 aliphatic heterocycles. The van der Waals surface area contributed by atoms with Crippen LogP contribution in [0.2, 0.25) is 0 Å². The molecule has 4 fully saturated rings. The molecule has 2 bridgehead atoms. The van der Waals surface area contributed by atoms with Gasteiger partial charge < -0.3 is 0 Å². The molecule has 4 saturated carbocycles. The summed E-state index contributed by atoms with van der Waals surface area (Å²) in [5, 5.41) is 0. The van der Waals surface area contributed by atoms with Crippen LogP contribution in [0.1, 0.15) is 86.0 Å². The molecule has 0 amide bonds. The number of carbonyl (C=O) groups excluding carboxylic acids is 1. The monoisotopic (exact) mass is 288 g/mol. The normalized spacial score (nSPS) is 58.0. The van der Waals surface area contributed by atoms with Crippen molar-refractivity contribution in [1.82, 2.24) is 0 Å². The highest BCUT2D eigenvalue weighted by molar-refractivity contribution is 5.94. The molecular formula is C20H32O. The third-order valence-electron chi connectivity index (χ3n) is 9.16. The van der Waals surface area contributed by atoms with Gasteiger partial charge in [-0.3, -0.25) is 4.79 Å². The zero-order valence-corrected chi connectivity index (χ0v) is 14.6. The van der Waals surface area contributed by atoms with Crippen LogP contribution >= 0.6 is 0 Å². The van der Waals surface area contributed by atoms with Crippen molar-refractivity contribution in [3.05, 3.63) is 0 Å². The van der Waals surface area contributed by atoms with E-state index >= 15 is 0 Å². The fourth-order valence-electron chi connectivity index (χ4n) is 8.19. The molecular weight excluding hydrogens is 256 g/mol. The predicted octanol–water partition coefficient (Wildman–Crippen LogP) is 5.38. The summed E-state index contributed by atoms with van der Waals surface area (Å²) in [4.78, 5) is 13.2. The second kappa shape index (κ2) is 3.60. The lowest BCUT2D eigenvalue weighted by Gasteiger charge is -2.66. The lowest BCUT2D eigenvalue weighted by Crippen LogP contribution is -2.61. The quantitative estimate of drug-likeness (QED) is 0.585. The first kappa shape index (κ1) is 14.3. The Morgan fingerprint density at radius 1 is 0.905 bits per heavy atom. The van der Waals surface area contributed by atoms with Crippen LogP contribution in [0, 0.1) is 33.0 Å². The average molecular weight is 288 g/mol. The lowest BCUT2D eigenvalue weighted by atomic mass is 9.37. The van der Waals surface area contributed by atoms with Gasteiger partial charge in [0, 0.05) is 10.8 Å². The molecule has 0 aromatic carbocycles. The van der Waals surface area contributed by atoms with E-state index in [1.165, 1.54) is 38.5 Å². The summed E-state index contributed by atoms with van der Waals surface area (Å²) < 4.78 is 0. The van der Waals surface area contributed by atoms with Crippen LogP contribution in [0.4, 0.5) is 0 Å². The molecule has 4 aliphatic carbocycles. The van der Waals surface area contributed by atoms with E-state index in [2.05, 4.69) is 34.6 Å². The van der Waals surface area contributed by atoms with Gasteiger partial charge in [0.1, 0.15) is 5.78 Å². The smallest absolute Gasteiger partial charge is 0.145 e. The summed E-state index contributed by atoms with van der Waals surface area (Å²) in [6, 6.07) is 0. The summed E-state index contributed by atoms with van der Waals surface area (Å²) in [5.74, 6) is 1.45. The molecule has 1 nitrogen and oxygen atoms in total. The van der Waals surface area contributed by atoms with Crippen molar-refractivity contribution in [2.24, 2.45) is 33.0 Å². The first-order chi connectivity index (χ1) is 9.62. The van der Waals surface area contributed by atoms with Gasteiger partial charge in [-0.15, -0.1) is 0 Å². The Hall–Kier alpha value is -0.330. The SMILES string of the molecule is CC1(C)CCC[C@@]2(C)[C@H]1CC[C@@]1(C)C(=O)[C@]3(C)CC[C@@]12C3. The van der Waals surface area contributed by atoms with E-state index in [-0.39, 0.29) is 10.8 Å². The zero-order valence-electron chi connectivity index (χ0n) is 14.6. The third kappa shape index (κ3) is 1.30.